The molecular formula is C17H11F6NO. The molecule has 0 fully saturated rings. The summed E-state index contributed by atoms with van der Waals surface area (Å²) in [5, 5.41) is 0. The zero-order chi connectivity index (χ0) is 18.4. The lowest BCUT2D eigenvalue weighted by Gasteiger charge is -2.14. The minimum Gasteiger partial charge on any atom is -0.440 e. The van der Waals surface area contributed by atoms with Crippen molar-refractivity contribution in [1.82, 2.24) is 4.98 Å². The summed E-state index contributed by atoms with van der Waals surface area (Å²) in [5.74, 6) is -0.0783. The third kappa shape index (κ3) is 3.62. The Morgan fingerprint density at radius 1 is 0.920 bits per heavy atom. The number of oxazole rings is 1. The molecule has 0 aliphatic rings. The van der Waals surface area contributed by atoms with Gasteiger partial charge in [0.2, 0.25) is 0 Å². The van der Waals surface area contributed by atoms with Crippen LogP contribution in [0.1, 0.15) is 28.1 Å². The molecule has 0 bridgehead atoms. The highest BCUT2D eigenvalue weighted by molar-refractivity contribution is 5.73. The number of aryl methyl sites for hydroxylation is 1. The number of alkyl halides is 6. The van der Waals surface area contributed by atoms with Crippen LogP contribution in [0.15, 0.2) is 40.8 Å². The van der Waals surface area contributed by atoms with Crippen molar-refractivity contribution in [1.29, 1.82) is 0 Å². The van der Waals surface area contributed by atoms with Crippen LogP contribution < -0.4 is 0 Å². The van der Waals surface area contributed by atoms with Gasteiger partial charge >= 0.3 is 12.4 Å². The smallest absolute Gasteiger partial charge is 0.416 e. The van der Waals surface area contributed by atoms with Gasteiger partial charge in [0.15, 0.2) is 11.5 Å². The number of nitrogens with zero attached hydrogens (tertiary/aromatic N) is 1. The summed E-state index contributed by atoms with van der Waals surface area (Å²) in [7, 11) is 0. The molecule has 1 heterocycles. The number of fused-ring (bicyclic) bond motifs is 1. The van der Waals surface area contributed by atoms with E-state index in [9.17, 15) is 26.3 Å². The Balaban J connectivity index is 2.06. The third-order valence-electron chi connectivity index (χ3n) is 3.67. The van der Waals surface area contributed by atoms with Crippen molar-refractivity contribution >= 4 is 11.1 Å². The first-order valence-corrected chi connectivity index (χ1v) is 7.17. The molecule has 25 heavy (non-hydrogen) atoms. The average molecular weight is 359 g/mol. The monoisotopic (exact) mass is 359 g/mol. The van der Waals surface area contributed by atoms with Gasteiger partial charge in [-0.25, -0.2) is 4.98 Å². The maximum absolute atomic E-state index is 13.1. The predicted molar refractivity (Wildman–Crippen MR) is 78.0 cm³/mol. The molecule has 0 radical (unpaired) electrons. The highest BCUT2D eigenvalue weighted by atomic mass is 19.4. The second-order valence-corrected chi connectivity index (χ2v) is 5.62. The van der Waals surface area contributed by atoms with Crippen molar-refractivity contribution in [3.63, 3.8) is 0 Å². The standard InChI is InChI=1S/C17H11F6NO/c1-9-2-5-13-14(6-9)25-15(24-13)8-10-7-11(16(18,19)20)3-4-12(10)17(21,22)23/h2-7H,8H2,1H3. The van der Waals surface area contributed by atoms with Gasteiger partial charge in [-0.05, 0) is 48.4 Å². The average Bonchev–Trinajstić information content (AvgIpc) is 2.86. The summed E-state index contributed by atoms with van der Waals surface area (Å²) >= 11 is 0. The van der Waals surface area contributed by atoms with Crippen molar-refractivity contribution in [2.24, 2.45) is 0 Å². The third-order valence-corrected chi connectivity index (χ3v) is 3.67. The van der Waals surface area contributed by atoms with E-state index in [-0.39, 0.29) is 5.89 Å². The van der Waals surface area contributed by atoms with Crippen LogP contribution in [0.2, 0.25) is 0 Å². The van der Waals surface area contributed by atoms with Gasteiger partial charge in [0.1, 0.15) is 5.52 Å². The van der Waals surface area contributed by atoms with Gasteiger partial charge in [0.25, 0.3) is 0 Å². The molecule has 2 aromatic carbocycles. The maximum Gasteiger partial charge on any atom is 0.416 e. The molecule has 0 aliphatic heterocycles. The van der Waals surface area contributed by atoms with E-state index < -0.39 is 35.5 Å². The fraction of sp³-hybridized carbons (Fsp3) is 0.235. The first-order chi connectivity index (χ1) is 11.5. The first kappa shape index (κ1) is 17.3. The molecule has 0 aliphatic carbocycles. The summed E-state index contributed by atoms with van der Waals surface area (Å²) < 4.78 is 83.2. The molecule has 8 heteroatoms. The van der Waals surface area contributed by atoms with Gasteiger partial charge in [-0.15, -0.1) is 0 Å². The molecule has 3 aromatic rings. The molecule has 0 saturated carbocycles. The predicted octanol–water partition coefficient (Wildman–Crippen LogP) is 5.76. The van der Waals surface area contributed by atoms with Crippen molar-refractivity contribution < 1.29 is 30.8 Å². The Hall–Kier alpha value is -2.51. The van der Waals surface area contributed by atoms with E-state index in [2.05, 4.69) is 4.98 Å². The molecule has 0 spiro atoms. The normalized spacial score (nSPS) is 12.8. The van der Waals surface area contributed by atoms with Gasteiger partial charge in [-0.2, -0.15) is 26.3 Å². The topological polar surface area (TPSA) is 26.0 Å². The molecule has 132 valence electrons. The van der Waals surface area contributed by atoms with E-state index in [1.807, 2.05) is 0 Å². The number of benzene rings is 2. The fourth-order valence-corrected chi connectivity index (χ4v) is 2.51. The molecule has 0 unspecified atom stereocenters. The second-order valence-electron chi connectivity index (χ2n) is 5.62. The van der Waals surface area contributed by atoms with E-state index in [0.717, 1.165) is 5.56 Å². The molecule has 3 rings (SSSR count). The Morgan fingerprint density at radius 3 is 2.28 bits per heavy atom. The Kier molecular flexibility index (Phi) is 4.01. The van der Waals surface area contributed by atoms with Gasteiger partial charge in [-0.3, -0.25) is 0 Å². The van der Waals surface area contributed by atoms with Crippen molar-refractivity contribution in [3.05, 3.63) is 64.5 Å². The molecule has 2 nitrogen and oxygen atoms in total. The summed E-state index contributed by atoms with van der Waals surface area (Å²) in [4.78, 5) is 4.05. The van der Waals surface area contributed by atoms with Crippen LogP contribution in [0.25, 0.3) is 11.1 Å². The molecule has 0 saturated heterocycles. The lowest BCUT2D eigenvalue weighted by atomic mass is 10.0. The van der Waals surface area contributed by atoms with E-state index in [0.29, 0.717) is 29.3 Å². The number of hydrogen-bond donors (Lipinski definition) is 0. The van der Waals surface area contributed by atoms with Crippen LogP contribution >= 0.6 is 0 Å². The zero-order valence-corrected chi connectivity index (χ0v) is 12.8. The van der Waals surface area contributed by atoms with Gasteiger partial charge < -0.3 is 4.42 Å². The summed E-state index contributed by atoms with van der Waals surface area (Å²) in [6.07, 6.45) is -10.0. The van der Waals surface area contributed by atoms with Crippen LogP contribution in [0.3, 0.4) is 0 Å². The van der Waals surface area contributed by atoms with E-state index in [1.54, 1.807) is 25.1 Å². The fourth-order valence-electron chi connectivity index (χ4n) is 2.51. The van der Waals surface area contributed by atoms with E-state index in [4.69, 9.17) is 4.42 Å². The van der Waals surface area contributed by atoms with Crippen LogP contribution in [0.4, 0.5) is 26.3 Å². The van der Waals surface area contributed by atoms with Crippen LogP contribution in [-0.4, -0.2) is 4.98 Å². The second kappa shape index (κ2) is 5.79. The highest BCUT2D eigenvalue weighted by Crippen LogP contribution is 2.37. The molecule has 0 atom stereocenters. The Bertz CT molecular complexity index is 923. The summed E-state index contributed by atoms with van der Waals surface area (Å²) in [6, 6.07) is 6.38. The highest BCUT2D eigenvalue weighted by Gasteiger charge is 2.37. The van der Waals surface area contributed by atoms with Crippen molar-refractivity contribution in [3.8, 4) is 0 Å². The Labute approximate surface area is 138 Å². The first-order valence-electron chi connectivity index (χ1n) is 7.17. The van der Waals surface area contributed by atoms with Crippen molar-refractivity contribution in [2.45, 2.75) is 25.7 Å². The summed E-state index contributed by atoms with van der Waals surface area (Å²) in [5.41, 5.74) is -1.16. The number of halogens is 6. The summed E-state index contributed by atoms with van der Waals surface area (Å²) in [6.45, 7) is 1.80. The minimum atomic E-state index is -4.78. The number of hydrogen-bond acceptors (Lipinski definition) is 2. The van der Waals surface area contributed by atoms with Crippen LogP contribution in [-0.2, 0) is 18.8 Å². The molecule has 0 amide bonds. The maximum atomic E-state index is 13.1. The van der Waals surface area contributed by atoms with Crippen LogP contribution in [0.5, 0.6) is 0 Å². The zero-order valence-electron chi connectivity index (χ0n) is 12.8. The molecule has 0 N–H and O–H groups in total. The van der Waals surface area contributed by atoms with Gasteiger partial charge in [0.05, 0.1) is 17.5 Å². The van der Waals surface area contributed by atoms with Gasteiger partial charge in [0, 0.05) is 0 Å². The van der Waals surface area contributed by atoms with Crippen LogP contribution in [0, 0.1) is 6.92 Å². The Morgan fingerprint density at radius 2 is 1.64 bits per heavy atom. The van der Waals surface area contributed by atoms with Crippen molar-refractivity contribution in [2.75, 3.05) is 0 Å². The lowest BCUT2D eigenvalue weighted by Crippen LogP contribution is -2.13. The van der Waals surface area contributed by atoms with Gasteiger partial charge in [-0.1, -0.05) is 6.07 Å². The minimum absolute atomic E-state index is 0.0783. The quantitative estimate of drug-likeness (QED) is 0.544. The number of aromatic nitrogens is 1. The largest absolute Gasteiger partial charge is 0.440 e. The van der Waals surface area contributed by atoms with E-state index >= 15 is 0 Å². The molecule has 1 aromatic heterocycles. The SMILES string of the molecule is Cc1ccc2nc(Cc3cc(C(F)(F)F)ccc3C(F)(F)F)oc2c1. The molecular weight excluding hydrogens is 348 g/mol. The van der Waals surface area contributed by atoms with E-state index in [1.165, 1.54) is 0 Å². The lowest BCUT2D eigenvalue weighted by molar-refractivity contribution is -0.141. The number of rotatable bonds is 2.